The van der Waals surface area contributed by atoms with Crippen molar-refractivity contribution < 1.29 is 4.79 Å². The number of alkyl halides is 1. The Morgan fingerprint density at radius 3 is 2.78 bits per heavy atom. The number of rotatable bonds is 1. The summed E-state index contributed by atoms with van der Waals surface area (Å²) in [6, 6.07) is 0. The molecule has 0 aromatic carbocycles. The molecule has 1 heterocycles. The van der Waals surface area contributed by atoms with Crippen LogP contribution in [0.25, 0.3) is 0 Å². The summed E-state index contributed by atoms with van der Waals surface area (Å²) < 4.78 is 0. The summed E-state index contributed by atoms with van der Waals surface area (Å²) in [5, 5.41) is 0. The zero-order valence-electron chi connectivity index (χ0n) is 5.06. The molecule has 0 saturated heterocycles. The molecule has 0 aromatic rings. The maximum atomic E-state index is 10.6. The van der Waals surface area contributed by atoms with Crippen molar-refractivity contribution >= 4 is 23.2 Å². The third-order valence-electron chi connectivity index (χ3n) is 1.29. The van der Waals surface area contributed by atoms with Gasteiger partial charge in [0.2, 0.25) is 5.91 Å². The van der Waals surface area contributed by atoms with E-state index in [0.29, 0.717) is 12.3 Å². The molecule has 1 amide bonds. The fraction of sp³-hybridized carbons (Fsp3) is 0.667. The Balaban J connectivity index is 2.59. The Morgan fingerprint density at radius 2 is 2.33 bits per heavy atom. The molecule has 0 spiro atoms. The Hall–Kier alpha value is -0.370. The minimum atomic E-state index is -0.0168. The normalized spacial score (nSPS) is 19.7. The number of halogens is 1. The first-order valence-electron chi connectivity index (χ1n) is 2.98. The first-order valence-corrected chi connectivity index (χ1v) is 3.51. The molecule has 0 radical (unpaired) electrons. The van der Waals surface area contributed by atoms with Crippen molar-refractivity contribution in [1.82, 2.24) is 0 Å². The van der Waals surface area contributed by atoms with Crippen molar-refractivity contribution in [3.05, 3.63) is 0 Å². The molecule has 1 aliphatic rings. The third-order valence-corrected chi connectivity index (χ3v) is 1.60. The second-order valence-electron chi connectivity index (χ2n) is 2.06. The predicted octanol–water partition coefficient (Wildman–Crippen LogP) is 1.38. The lowest BCUT2D eigenvalue weighted by molar-refractivity contribution is -0.118. The van der Waals surface area contributed by atoms with Crippen LogP contribution in [0.1, 0.15) is 19.3 Å². The monoisotopic (exact) mass is 145 g/mol. The van der Waals surface area contributed by atoms with Crippen molar-refractivity contribution in [2.75, 3.05) is 5.88 Å². The lowest BCUT2D eigenvalue weighted by atomic mass is 10.1. The highest BCUT2D eigenvalue weighted by molar-refractivity contribution is 6.29. The van der Waals surface area contributed by atoms with Crippen LogP contribution >= 0.6 is 11.6 Å². The Labute approximate surface area is 58.9 Å². The third kappa shape index (κ3) is 1.79. The van der Waals surface area contributed by atoms with Gasteiger partial charge in [0.25, 0.3) is 0 Å². The molecule has 50 valence electrons. The van der Waals surface area contributed by atoms with Crippen LogP contribution in [-0.4, -0.2) is 17.5 Å². The molecule has 0 aromatic heterocycles. The summed E-state index contributed by atoms with van der Waals surface area (Å²) in [6.45, 7) is 0. The second-order valence-corrected chi connectivity index (χ2v) is 2.33. The molecular weight excluding hydrogens is 138 g/mol. The molecule has 1 rings (SSSR count). The van der Waals surface area contributed by atoms with E-state index in [4.69, 9.17) is 11.6 Å². The Kier molecular flexibility index (Phi) is 2.22. The lowest BCUT2D eigenvalue weighted by Crippen LogP contribution is -2.11. The SMILES string of the molecule is O=C1CCCC(CCl)=N1. The van der Waals surface area contributed by atoms with Gasteiger partial charge in [-0.05, 0) is 12.8 Å². The van der Waals surface area contributed by atoms with Crippen molar-refractivity contribution in [1.29, 1.82) is 0 Å². The number of nitrogens with zero attached hydrogens (tertiary/aromatic N) is 1. The van der Waals surface area contributed by atoms with Crippen molar-refractivity contribution in [2.24, 2.45) is 4.99 Å². The van der Waals surface area contributed by atoms with E-state index in [0.717, 1.165) is 18.6 Å². The molecule has 0 fully saturated rings. The maximum Gasteiger partial charge on any atom is 0.245 e. The molecule has 0 saturated carbocycles. The fourth-order valence-corrected chi connectivity index (χ4v) is 1.02. The highest BCUT2D eigenvalue weighted by Crippen LogP contribution is 2.07. The van der Waals surface area contributed by atoms with Crippen LogP contribution in [0.5, 0.6) is 0 Å². The van der Waals surface area contributed by atoms with Gasteiger partial charge in [0, 0.05) is 12.1 Å². The van der Waals surface area contributed by atoms with Crippen LogP contribution in [0.4, 0.5) is 0 Å². The highest BCUT2D eigenvalue weighted by atomic mass is 35.5. The summed E-state index contributed by atoms with van der Waals surface area (Å²) >= 11 is 5.46. The van der Waals surface area contributed by atoms with E-state index in [2.05, 4.69) is 4.99 Å². The van der Waals surface area contributed by atoms with Gasteiger partial charge in [-0.2, -0.15) is 0 Å². The zero-order chi connectivity index (χ0) is 6.69. The number of carbonyl (C=O) groups excluding carboxylic acids is 1. The smallest absolute Gasteiger partial charge is 0.245 e. The number of amides is 1. The average Bonchev–Trinajstić information content (AvgIpc) is 1.88. The molecule has 9 heavy (non-hydrogen) atoms. The first-order chi connectivity index (χ1) is 4.33. The topological polar surface area (TPSA) is 29.4 Å². The molecule has 2 nitrogen and oxygen atoms in total. The van der Waals surface area contributed by atoms with Gasteiger partial charge in [-0.1, -0.05) is 0 Å². The van der Waals surface area contributed by atoms with Gasteiger partial charge in [0.15, 0.2) is 0 Å². The highest BCUT2D eigenvalue weighted by Gasteiger charge is 2.09. The quantitative estimate of drug-likeness (QED) is 0.513. The van der Waals surface area contributed by atoms with Gasteiger partial charge in [-0.25, -0.2) is 4.99 Å². The van der Waals surface area contributed by atoms with Gasteiger partial charge in [-0.15, -0.1) is 11.6 Å². The fourth-order valence-electron chi connectivity index (χ4n) is 0.829. The largest absolute Gasteiger partial charge is 0.273 e. The summed E-state index contributed by atoms with van der Waals surface area (Å²) in [6.07, 6.45) is 2.42. The van der Waals surface area contributed by atoms with Crippen LogP contribution in [-0.2, 0) is 4.79 Å². The van der Waals surface area contributed by atoms with E-state index < -0.39 is 0 Å². The Bertz CT molecular complexity index is 153. The van der Waals surface area contributed by atoms with Gasteiger partial charge >= 0.3 is 0 Å². The average molecular weight is 146 g/mol. The van der Waals surface area contributed by atoms with E-state index in [1.165, 1.54) is 0 Å². The van der Waals surface area contributed by atoms with Crippen LogP contribution < -0.4 is 0 Å². The summed E-state index contributed by atoms with van der Waals surface area (Å²) in [4.78, 5) is 14.3. The Morgan fingerprint density at radius 1 is 1.56 bits per heavy atom. The van der Waals surface area contributed by atoms with Crippen molar-refractivity contribution in [3.63, 3.8) is 0 Å². The van der Waals surface area contributed by atoms with Crippen LogP contribution in [0.15, 0.2) is 4.99 Å². The summed E-state index contributed by atoms with van der Waals surface area (Å²) in [5.41, 5.74) is 0.841. The van der Waals surface area contributed by atoms with Crippen molar-refractivity contribution in [3.8, 4) is 0 Å². The van der Waals surface area contributed by atoms with Crippen LogP contribution in [0.2, 0.25) is 0 Å². The van der Waals surface area contributed by atoms with Crippen LogP contribution in [0.3, 0.4) is 0 Å². The van der Waals surface area contributed by atoms with E-state index in [1.807, 2.05) is 0 Å². The minimum Gasteiger partial charge on any atom is -0.273 e. The van der Waals surface area contributed by atoms with Gasteiger partial charge in [0.05, 0.1) is 5.88 Å². The number of aliphatic imine (C=N–C) groups is 1. The number of hydrogen-bond donors (Lipinski definition) is 0. The standard InChI is InChI=1S/C6H8ClNO/c7-4-5-2-1-3-6(9)8-5/h1-4H2. The molecule has 0 N–H and O–H groups in total. The molecule has 1 aliphatic heterocycles. The molecular formula is C6H8ClNO. The zero-order valence-corrected chi connectivity index (χ0v) is 5.82. The van der Waals surface area contributed by atoms with E-state index >= 15 is 0 Å². The first kappa shape index (κ1) is 6.75. The van der Waals surface area contributed by atoms with Gasteiger partial charge in [-0.3, -0.25) is 4.79 Å². The summed E-state index contributed by atoms with van der Waals surface area (Å²) in [5.74, 6) is 0.392. The molecule has 0 bridgehead atoms. The van der Waals surface area contributed by atoms with E-state index in [-0.39, 0.29) is 5.91 Å². The molecule has 0 atom stereocenters. The summed E-state index contributed by atoms with van der Waals surface area (Å²) in [7, 11) is 0. The number of hydrogen-bond acceptors (Lipinski definition) is 1. The number of carbonyl (C=O) groups is 1. The van der Waals surface area contributed by atoms with Crippen molar-refractivity contribution in [2.45, 2.75) is 19.3 Å². The predicted molar refractivity (Wildman–Crippen MR) is 37.0 cm³/mol. The maximum absolute atomic E-state index is 10.6. The van der Waals surface area contributed by atoms with Gasteiger partial charge < -0.3 is 0 Å². The van der Waals surface area contributed by atoms with E-state index in [9.17, 15) is 4.79 Å². The molecule has 3 heteroatoms. The second kappa shape index (κ2) is 2.97. The lowest BCUT2D eigenvalue weighted by Gasteiger charge is -2.05. The van der Waals surface area contributed by atoms with Gasteiger partial charge in [0.1, 0.15) is 0 Å². The van der Waals surface area contributed by atoms with E-state index in [1.54, 1.807) is 0 Å². The minimum absolute atomic E-state index is 0.0168. The molecule has 0 aliphatic carbocycles. The van der Waals surface area contributed by atoms with Crippen LogP contribution in [0, 0.1) is 0 Å². The molecule has 0 unspecified atom stereocenters.